The Kier molecular flexibility index (Phi) is 11.4. The number of aliphatic hydroxyl groups is 1. The Morgan fingerprint density at radius 2 is 1.84 bits per heavy atom. The molecule has 0 spiro atoms. The number of rotatable bonds is 12. The number of aromatic nitrogens is 3. The van der Waals surface area contributed by atoms with E-state index in [9.17, 15) is 24.6 Å². The molecular weight excluding hydrogens is 574 g/mol. The van der Waals surface area contributed by atoms with Crippen LogP contribution in [-0.4, -0.2) is 78.8 Å². The van der Waals surface area contributed by atoms with Gasteiger partial charge in [-0.2, -0.15) is 5.10 Å². The number of aliphatic carboxylic acids is 2. The number of phenolic OH excluding ortho intramolecular Hbond substituents is 1. The number of nitrogens with zero attached hydrogens (tertiary/aromatic N) is 3. The first kappa shape index (κ1) is 33.6. The molecule has 0 saturated heterocycles. The van der Waals surface area contributed by atoms with Crippen LogP contribution in [0.3, 0.4) is 0 Å². The molecule has 1 aromatic heterocycles. The van der Waals surface area contributed by atoms with Crippen molar-refractivity contribution in [2.24, 2.45) is 0 Å². The van der Waals surface area contributed by atoms with Crippen molar-refractivity contribution >= 4 is 23.5 Å². The van der Waals surface area contributed by atoms with Crippen LogP contribution >= 0.6 is 0 Å². The van der Waals surface area contributed by atoms with Crippen molar-refractivity contribution in [2.75, 3.05) is 25.6 Å². The number of β-amino-alcohol motifs (C(OH)–C–C–N with tert-alkyl or cyclic N) is 1. The Labute approximate surface area is 254 Å². The molecule has 6 N–H and O–H groups in total. The van der Waals surface area contributed by atoms with Crippen molar-refractivity contribution < 1.29 is 44.3 Å². The molecule has 2 aromatic carbocycles. The second-order valence-corrected chi connectivity index (χ2v) is 10.4. The molecule has 1 amide bonds. The number of carboxylic acid groups (broad SMARTS) is 2. The lowest BCUT2D eigenvalue weighted by molar-refractivity contribution is -0.134. The molecule has 0 radical (unpaired) electrons. The summed E-state index contributed by atoms with van der Waals surface area (Å²) in [7, 11) is 1.64. The molecule has 0 bridgehead atoms. The summed E-state index contributed by atoms with van der Waals surface area (Å²) in [6.07, 6.45) is 1.67. The number of carboxylic acids is 2. The molecule has 3 aromatic rings. The third-order valence-corrected chi connectivity index (χ3v) is 6.59. The molecule has 44 heavy (non-hydrogen) atoms. The van der Waals surface area contributed by atoms with E-state index >= 15 is 0 Å². The van der Waals surface area contributed by atoms with E-state index in [1.54, 1.807) is 7.11 Å². The van der Waals surface area contributed by atoms with Crippen molar-refractivity contribution in [3.05, 3.63) is 59.9 Å². The molecule has 14 heteroatoms. The summed E-state index contributed by atoms with van der Waals surface area (Å²) < 4.78 is 12.7. The summed E-state index contributed by atoms with van der Waals surface area (Å²) in [6.45, 7) is 6.92. The van der Waals surface area contributed by atoms with Gasteiger partial charge in [-0.1, -0.05) is 6.92 Å². The number of amides is 1. The maximum atomic E-state index is 11.6. The first-order chi connectivity index (χ1) is 20.8. The van der Waals surface area contributed by atoms with Crippen molar-refractivity contribution in [2.45, 2.75) is 51.8 Å². The zero-order valence-corrected chi connectivity index (χ0v) is 24.9. The summed E-state index contributed by atoms with van der Waals surface area (Å²) in [6, 6.07) is 10.5. The van der Waals surface area contributed by atoms with Crippen molar-refractivity contribution in [1.29, 1.82) is 0 Å². The monoisotopic (exact) mass is 611 g/mol. The van der Waals surface area contributed by atoms with Gasteiger partial charge in [0.2, 0.25) is 0 Å². The summed E-state index contributed by atoms with van der Waals surface area (Å²) in [4.78, 5) is 35.4. The van der Waals surface area contributed by atoms with Crippen LogP contribution in [0.2, 0.25) is 0 Å². The van der Waals surface area contributed by atoms with E-state index < -0.39 is 18.0 Å². The highest BCUT2D eigenvalue weighted by Crippen LogP contribution is 2.38. The van der Waals surface area contributed by atoms with E-state index in [1.807, 2.05) is 28.9 Å². The van der Waals surface area contributed by atoms with Crippen LogP contribution in [-0.2, 0) is 27.3 Å². The minimum absolute atomic E-state index is 0.0567. The van der Waals surface area contributed by atoms with Crippen molar-refractivity contribution in [3.63, 3.8) is 0 Å². The average molecular weight is 612 g/mol. The summed E-state index contributed by atoms with van der Waals surface area (Å²) in [5.41, 5.74) is 1.37. The number of benzene rings is 2. The van der Waals surface area contributed by atoms with Gasteiger partial charge in [-0.3, -0.25) is 4.79 Å². The quantitative estimate of drug-likeness (QED) is 0.164. The predicted octanol–water partition coefficient (Wildman–Crippen LogP) is 2.76. The van der Waals surface area contributed by atoms with Crippen molar-refractivity contribution in [1.82, 2.24) is 20.1 Å². The molecule has 1 aliphatic heterocycles. The molecule has 1 aliphatic rings. The number of carbonyl (C=O) groups excluding carboxylic acids is 1. The third kappa shape index (κ3) is 9.54. The van der Waals surface area contributed by atoms with Gasteiger partial charge in [0, 0.05) is 54.4 Å². The standard InChI is InChI=1S/C26H33N5O5.C4H4O4/c1-5-22-29-25(16-6-8-18(35-4)9-7-16)30-31(22)11-10-26(2,3)27-14-21(33)19-12-17(32)13-20-24(19)36-15-23(34)28-20;5-3(6)1-2-4(7)8/h6-9,12-13,21,27,32-33H,5,10-11,14-15H2,1-4H3,(H,28,34);1-2H,(H,5,6)(H,7,8)/b;2-1-. The van der Waals surface area contributed by atoms with Gasteiger partial charge in [0.25, 0.3) is 5.91 Å². The largest absolute Gasteiger partial charge is 0.508 e. The Bertz CT molecular complexity index is 1480. The Morgan fingerprint density at radius 3 is 2.43 bits per heavy atom. The number of aromatic hydroxyl groups is 1. The molecular formula is C30H37N5O9. The van der Waals surface area contributed by atoms with Crippen LogP contribution in [0, 0.1) is 0 Å². The smallest absolute Gasteiger partial charge is 0.328 e. The lowest BCUT2D eigenvalue weighted by Gasteiger charge is -2.29. The highest BCUT2D eigenvalue weighted by molar-refractivity contribution is 5.96. The lowest BCUT2D eigenvalue weighted by Crippen LogP contribution is -2.42. The Balaban J connectivity index is 0.000000583. The second-order valence-electron chi connectivity index (χ2n) is 10.4. The minimum atomic E-state index is -1.26. The van der Waals surface area contributed by atoms with Gasteiger partial charge in [0.1, 0.15) is 23.1 Å². The number of carbonyl (C=O) groups is 3. The van der Waals surface area contributed by atoms with Crippen molar-refractivity contribution in [3.8, 4) is 28.6 Å². The number of phenols is 1. The SMILES string of the molecule is CCc1nc(-c2ccc(OC)cc2)nn1CCC(C)(C)NCC(O)c1cc(O)cc2c1OCC(=O)N2.O=C(O)/C=C\C(=O)O. The van der Waals surface area contributed by atoms with E-state index in [4.69, 9.17) is 29.8 Å². The number of hydrogen-bond donors (Lipinski definition) is 6. The van der Waals surface area contributed by atoms with Crippen LogP contribution in [0.4, 0.5) is 5.69 Å². The molecule has 14 nitrogen and oxygen atoms in total. The summed E-state index contributed by atoms with van der Waals surface area (Å²) >= 11 is 0. The number of nitrogens with one attached hydrogen (secondary N) is 2. The molecule has 1 unspecified atom stereocenters. The number of aliphatic hydroxyl groups excluding tert-OH is 1. The first-order valence-electron chi connectivity index (χ1n) is 13.8. The zero-order valence-electron chi connectivity index (χ0n) is 24.9. The normalized spacial score (nSPS) is 13.2. The highest BCUT2D eigenvalue weighted by atomic mass is 16.5. The predicted molar refractivity (Wildman–Crippen MR) is 160 cm³/mol. The highest BCUT2D eigenvalue weighted by Gasteiger charge is 2.26. The van der Waals surface area contributed by atoms with Gasteiger partial charge in [-0.05, 0) is 50.6 Å². The number of ether oxygens (including phenoxy) is 2. The molecule has 4 rings (SSSR count). The summed E-state index contributed by atoms with van der Waals surface area (Å²) in [5, 5.41) is 47.3. The number of aryl methyl sites for hydroxylation is 2. The Hall–Kier alpha value is -4.95. The lowest BCUT2D eigenvalue weighted by atomic mass is 9.99. The average Bonchev–Trinajstić information content (AvgIpc) is 3.41. The number of fused-ring (bicyclic) bond motifs is 1. The van der Waals surface area contributed by atoms with Gasteiger partial charge >= 0.3 is 11.9 Å². The molecule has 0 aliphatic carbocycles. The van der Waals surface area contributed by atoms with E-state index in [-0.39, 0.29) is 30.3 Å². The van der Waals surface area contributed by atoms with Crippen LogP contribution in [0.1, 0.15) is 44.7 Å². The molecule has 0 fully saturated rings. The number of hydrogen-bond acceptors (Lipinski definition) is 10. The number of methoxy groups -OCH3 is 1. The maximum Gasteiger partial charge on any atom is 0.328 e. The fraction of sp³-hybridized carbons (Fsp3) is 0.367. The van der Waals surface area contributed by atoms with Gasteiger partial charge in [0.05, 0.1) is 18.9 Å². The van der Waals surface area contributed by atoms with E-state index in [1.165, 1.54) is 12.1 Å². The molecule has 236 valence electrons. The minimum Gasteiger partial charge on any atom is -0.508 e. The maximum absolute atomic E-state index is 11.6. The molecule has 2 heterocycles. The van der Waals surface area contributed by atoms with E-state index in [0.717, 1.165) is 30.0 Å². The van der Waals surface area contributed by atoms with E-state index in [0.29, 0.717) is 41.5 Å². The zero-order chi connectivity index (χ0) is 32.4. The second kappa shape index (κ2) is 15.0. The van der Waals surface area contributed by atoms with Crippen LogP contribution in [0.15, 0.2) is 48.6 Å². The third-order valence-electron chi connectivity index (χ3n) is 6.59. The van der Waals surface area contributed by atoms with Gasteiger partial charge in [0.15, 0.2) is 12.4 Å². The number of anilines is 1. The molecule has 1 atom stereocenters. The van der Waals surface area contributed by atoms with Crippen LogP contribution in [0.25, 0.3) is 11.4 Å². The van der Waals surface area contributed by atoms with Crippen LogP contribution < -0.4 is 20.1 Å². The fourth-order valence-corrected chi connectivity index (χ4v) is 4.24. The first-order valence-corrected chi connectivity index (χ1v) is 13.8. The Morgan fingerprint density at radius 1 is 1.18 bits per heavy atom. The molecule has 0 saturated carbocycles. The van der Waals surface area contributed by atoms with Crippen LogP contribution in [0.5, 0.6) is 17.2 Å². The van der Waals surface area contributed by atoms with E-state index in [2.05, 4.69) is 31.4 Å². The van der Waals surface area contributed by atoms with Gasteiger partial charge in [-0.25, -0.2) is 19.3 Å². The fourth-order valence-electron chi connectivity index (χ4n) is 4.24. The summed E-state index contributed by atoms with van der Waals surface area (Å²) in [5.74, 6) is -0.132. The topological polar surface area (TPSA) is 205 Å². The van der Waals surface area contributed by atoms with Gasteiger partial charge < -0.3 is 40.5 Å². The van der Waals surface area contributed by atoms with Gasteiger partial charge in [-0.15, -0.1) is 0 Å².